The molecule has 114 valence electrons. The number of likely N-dealkylation sites (tertiary alicyclic amines) is 1. The summed E-state index contributed by atoms with van der Waals surface area (Å²) in [6.07, 6.45) is 2.65. The smallest absolute Gasteiger partial charge is 0.317 e. The molecule has 1 aliphatic heterocycles. The van der Waals surface area contributed by atoms with E-state index >= 15 is 0 Å². The Labute approximate surface area is 119 Å². The third-order valence-electron chi connectivity index (χ3n) is 4.16. The molecule has 1 saturated heterocycles. The Hall–Kier alpha value is -1.30. The SMILES string of the molecule is CC(C)OC1CC(NC(=O)N2CCC(C)(C(=O)O)C2)C1. The Bertz CT molecular complexity index is 393. The second-order valence-corrected chi connectivity index (χ2v) is 6.46. The van der Waals surface area contributed by atoms with Crippen LogP contribution in [0.15, 0.2) is 0 Å². The third-order valence-corrected chi connectivity index (χ3v) is 4.16. The van der Waals surface area contributed by atoms with Gasteiger partial charge in [0.05, 0.1) is 17.6 Å². The average molecular weight is 284 g/mol. The van der Waals surface area contributed by atoms with Gasteiger partial charge in [0.1, 0.15) is 0 Å². The largest absolute Gasteiger partial charge is 0.481 e. The number of amides is 2. The van der Waals surface area contributed by atoms with Gasteiger partial charge in [-0.1, -0.05) is 0 Å². The summed E-state index contributed by atoms with van der Waals surface area (Å²) in [5, 5.41) is 12.1. The highest BCUT2D eigenvalue weighted by Gasteiger charge is 2.43. The van der Waals surface area contributed by atoms with Gasteiger partial charge in [0.15, 0.2) is 0 Å². The average Bonchev–Trinajstić information content (AvgIpc) is 2.70. The van der Waals surface area contributed by atoms with Crippen LogP contribution in [-0.4, -0.2) is 53.3 Å². The Morgan fingerprint density at radius 2 is 2.05 bits per heavy atom. The van der Waals surface area contributed by atoms with E-state index < -0.39 is 11.4 Å². The van der Waals surface area contributed by atoms with Gasteiger partial charge >= 0.3 is 12.0 Å². The number of hydrogen-bond acceptors (Lipinski definition) is 3. The van der Waals surface area contributed by atoms with Gasteiger partial charge in [0, 0.05) is 19.1 Å². The molecule has 2 fully saturated rings. The highest BCUT2D eigenvalue weighted by molar-refractivity contribution is 5.79. The molecule has 1 saturated carbocycles. The zero-order valence-electron chi connectivity index (χ0n) is 12.4. The number of carboxylic acid groups (broad SMARTS) is 1. The van der Waals surface area contributed by atoms with E-state index in [0.29, 0.717) is 13.0 Å². The van der Waals surface area contributed by atoms with E-state index in [2.05, 4.69) is 5.32 Å². The minimum Gasteiger partial charge on any atom is -0.481 e. The molecule has 20 heavy (non-hydrogen) atoms. The van der Waals surface area contributed by atoms with Crippen LogP contribution in [0.4, 0.5) is 4.79 Å². The summed E-state index contributed by atoms with van der Waals surface area (Å²) < 4.78 is 5.65. The number of aliphatic carboxylic acids is 1. The molecule has 0 aromatic heterocycles. The van der Waals surface area contributed by atoms with E-state index in [9.17, 15) is 9.59 Å². The van der Waals surface area contributed by atoms with E-state index in [1.165, 1.54) is 0 Å². The van der Waals surface area contributed by atoms with Gasteiger partial charge in [-0.2, -0.15) is 0 Å². The standard InChI is InChI=1S/C14H24N2O4/c1-9(2)20-11-6-10(7-11)15-13(19)16-5-4-14(3,8-16)12(17)18/h9-11H,4-8H2,1-3H3,(H,15,19)(H,17,18). The normalized spacial score (nSPS) is 33.1. The molecular formula is C14H24N2O4. The van der Waals surface area contributed by atoms with Crippen molar-refractivity contribution in [3.05, 3.63) is 0 Å². The molecule has 6 nitrogen and oxygen atoms in total. The van der Waals surface area contributed by atoms with Crippen molar-refractivity contribution in [2.45, 2.75) is 58.3 Å². The molecule has 2 amide bonds. The van der Waals surface area contributed by atoms with Crippen molar-refractivity contribution in [3.8, 4) is 0 Å². The molecule has 2 rings (SSSR count). The monoisotopic (exact) mass is 284 g/mol. The molecule has 6 heteroatoms. The molecule has 0 spiro atoms. The first kappa shape index (κ1) is 15.1. The zero-order valence-corrected chi connectivity index (χ0v) is 12.4. The number of carboxylic acids is 1. The number of carbonyl (C=O) groups excluding carboxylic acids is 1. The van der Waals surface area contributed by atoms with Crippen molar-refractivity contribution in [2.75, 3.05) is 13.1 Å². The highest BCUT2D eigenvalue weighted by atomic mass is 16.5. The number of nitrogens with one attached hydrogen (secondary N) is 1. The number of carbonyl (C=O) groups is 2. The lowest BCUT2D eigenvalue weighted by atomic mass is 9.89. The van der Waals surface area contributed by atoms with Gasteiger partial charge in [-0.3, -0.25) is 4.79 Å². The predicted molar refractivity (Wildman–Crippen MR) is 73.5 cm³/mol. The van der Waals surface area contributed by atoms with Gasteiger partial charge < -0.3 is 20.1 Å². The van der Waals surface area contributed by atoms with E-state index in [1.54, 1.807) is 11.8 Å². The summed E-state index contributed by atoms with van der Waals surface area (Å²) in [5.74, 6) is -0.832. The highest BCUT2D eigenvalue weighted by Crippen LogP contribution is 2.31. The first-order valence-corrected chi connectivity index (χ1v) is 7.24. The van der Waals surface area contributed by atoms with Crippen molar-refractivity contribution in [1.82, 2.24) is 10.2 Å². The number of hydrogen-bond donors (Lipinski definition) is 2. The molecule has 0 aromatic carbocycles. The van der Waals surface area contributed by atoms with Crippen LogP contribution in [0.1, 0.15) is 40.0 Å². The molecule has 2 aliphatic rings. The number of rotatable bonds is 4. The van der Waals surface area contributed by atoms with Gasteiger partial charge in [0.2, 0.25) is 0 Å². The van der Waals surface area contributed by atoms with Crippen LogP contribution in [0.3, 0.4) is 0 Å². The lowest BCUT2D eigenvalue weighted by molar-refractivity contribution is -0.146. The minimum absolute atomic E-state index is 0.150. The van der Waals surface area contributed by atoms with Crippen molar-refractivity contribution in [3.63, 3.8) is 0 Å². The van der Waals surface area contributed by atoms with E-state index in [1.807, 2.05) is 13.8 Å². The molecule has 1 heterocycles. The molecule has 1 atom stereocenters. The molecule has 0 aromatic rings. The van der Waals surface area contributed by atoms with Crippen LogP contribution < -0.4 is 5.32 Å². The lowest BCUT2D eigenvalue weighted by Gasteiger charge is -2.37. The van der Waals surface area contributed by atoms with Crippen LogP contribution in [-0.2, 0) is 9.53 Å². The van der Waals surface area contributed by atoms with Crippen molar-refractivity contribution < 1.29 is 19.4 Å². The first-order chi connectivity index (χ1) is 9.30. The van der Waals surface area contributed by atoms with Crippen molar-refractivity contribution in [2.24, 2.45) is 5.41 Å². The summed E-state index contributed by atoms with van der Waals surface area (Å²) >= 11 is 0. The maximum atomic E-state index is 12.1. The van der Waals surface area contributed by atoms with Gasteiger partial charge in [-0.15, -0.1) is 0 Å². The van der Waals surface area contributed by atoms with E-state index in [0.717, 1.165) is 12.8 Å². The maximum Gasteiger partial charge on any atom is 0.317 e. The maximum absolute atomic E-state index is 12.1. The number of ether oxygens (including phenoxy) is 1. The van der Waals surface area contributed by atoms with Gasteiger partial charge in [-0.05, 0) is 40.0 Å². The van der Waals surface area contributed by atoms with Crippen LogP contribution >= 0.6 is 0 Å². The topological polar surface area (TPSA) is 78.9 Å². The third kappa shape index (κ3) is 3.23. The summed E-state index contributed by atoms with van der Waals surface area (Å²) in [7, 11) is 0. The van der Waals surface area contributed by atoms with Crippen molar-refractivity contribution in [1.29, 1.82) is 0 Å². The Morgan fingerprint density at radius 3 is 2.55 bits per heavy atom. The molecular weight excluding hydrogens is 260 g/mol. The Balaban J connectivity index is 1.74. The summed E-state index contributed by atoms with van der Waals surface area (Å²) in [6.45, 7) is 6.49. The predicted octanol–water partition coefficient (Wildman–Crippen LogP) is 1.45. The number of urea groups is 1. The molecule has 0 bridgehead atoms. The second kappa shape index (κ2) is 5.60. The van der Waals surface area contributed by atoms with E-state index in [4.69, 9.17) is 9.84 Å². The summed E-state index contributed by atoms with van der Waals surface area (Å²) in [4.78, 5) is 24.8. The lowest BCUT2D eigenvalue weighted by Crippen LogP contribution is -2.52. The zero-order chi connectivity index (χ0) is 14.9. The summed E-state index contributed by atoms with van der Waals surface area (Å²) in [5.41, 5.74) is -0.805. The molecule has 1 aliphatic carbocycles. The van der Waals surface area contributed by atoms with Gasteiger partial charge in [0.25, 0.3) is 0 Å². The Kier molecular flexibility index (Phi) is 4.22. The van der Waals surface area contributed by atoms with Crippen LogP contribution in [0.25, 0.3) is 0 Å². The minimum atomic E-state index is -0.832. The number of nitrogens with zero attached hydrogens (tertiary/aromatic N) is 1. The molecule has 2 N–H and O–H groups in total. The first-order valence-electron chi connectivity index (χ1n) is 7.24. The van der Waals surface area contributed by atoms with Crippen LogP contribution in [0, 0.1) is 5.41 Å². The van der Waals surface area contributed by atoms with E-state index in [-0.39, 0.29) is 30.8 Å². The quantitative estimate of drug-likeness (QED) is 0.819. The fourth-order valence-corrected chi connectivity index (χ4v) is 2.75. The fraction of sp³-hybridized carbons (Fsp3) is 0.857. The van der Waals surface area contributed by atoms with Crippen LogP contribution in [0.2, 0.25) is 0 Å². The second-order valence-electron chi connectivity index (χ2n) is 6.46. The summed E-state index contributed by atoms with van der Waals surface area (Å²) in [6, 6.07) is 0.00547. The Morgan fingerprint density at radius 1 is 1.40 bits per heavy atom. The van der Waals surface area contributed by atoms with Crippen molar-refractivity contribution >= 4 is 12.0 Å². The molecule has 0 radical (unpaired) electrons. The van der Waals surface area contributed by atoms with Gasteiger partial charge in [-0.25, -0.2) is 4.79 Å². The van der Waals surface area contributed by atoms with Crippen LogP contribution in [0.5, 0.6) is 0 Å². The fourth-order valence-electron chi connectivity index (χ4n) is 2.75. The molecule has 1 unspecified atom stereocenters.